The van der Waals surface area contributed by atoms with Gasteiger partial charge in [-0.1, -0.05) is 11.6 Å². The van der Waals surface area contributed by atoms with Gasteiger partial charge in [-0.25, -0.2) is 9.78 Å². The van der Waals surface area contributed by atoms with Crippen LogP contribution < -0.4 is 30.4 Å². The number of aromatic nitrogens is 2. The highest BCUT2D eigenvalue weighted by molar-refractivity contribution is 6.30. The summed E-state index contributed by atoms with van der Waals surface area (Å²) in [5.41, 5.74) is 1.82. The van der Waals surface area contributed by atoms with Gasteiger partial charge in [-0.15, -0.1) is 0 Å². The lowest BCUT2D eigenvalue weighted by molar-refractivity contribution is 0.262. The van der Waals surface area contributed by atoms with Gasteiger partial charge in [-0.3, -0.25) is 9.20 Å². The van der Waals surface area contributed by atoms with E-state index in [4.69, 9.17) is 25.8 Å². The molecule has 4 aromatic rings. The van der Waals surface area contributed by atoms with Gasteiger partial charge in [0.25, 0.3) is 5.56 Å². The predicted octanol–water partition coefficient (Wildman–Crippen LogP) is 4.59. The minimum atomic E-state index is -0.426. The van der Waals surface area contributed by atoms with Crippen LogP contribution in [-0.4, -0.2) is 29.6 Å². The zero-order chi connectivity index (χ0) is 24.1. The van der Waals surface area contributed by atoms with Crippen LogP contribution in [0.4, 0.5) is 16.2 Å². The molecule has 4 rings (SSSR count). The fourth-order valence-corrected chi connectivity index (χ4v) is 3.33. The number of nitrogens with zero attached hydrogens (tertiary/aromatic N) is 2. The average molecular weight is 481 g/mol. The van der Waals surface area contributed by atoms with Crippen LogP contribution in [0.25, 0.3) is 5.65 Å². The number of fused-ring (bicyclic) bond motifs is 1. The van der Waals surface area contributed by atoms with Gasteiger partial charge in [0.15, 0.2) is 0 Å². The Kier molecular flexibility index (Phi) is 6.84. The molecule has 0 unspecified atom stereocenters. The molecule has 0 aliphatic heterocycles. The number of benzene rings is 2. The molecular formula is C24H21ClN4O5. The Morgan fingerprint density at radius 3 is 2.26 bits per heavy atom. The maximum absolute atomic E-state index is 12.4. The summed E-state index contributed by atoms with van der Waals surface area (Å²) in [6, 6.07) is 16.2. The van der Waals surface area contributed by atoms with Gasteiger partial charge in [0.2, 0.25) is 0 Å². The third-order valence-electron chi connectivity index (χ3n) is 4.78. The number of hydrogen-bond donors (Lipinski definition) is 2. The monoisotopic (exact) mass is 480 g/mol. The maximum Gasteiger partial charge on any atom is 0.323 e. The first-order valence-electron chi connectivity index (χ1n) is 10.2. The molecular weight excluding hydrogens is 460 g/mol. The minimum Gasteiger partial charge on any atom is -0.497 e. The van der Waals surface area contributed by atoms with Crippen molar-refractivity contribution in [3.05, 3.63) is 87.9 Å². The lowest BCUT2D eigenvalue weighted by atomic mass is 10.2. The second kappa shape index (κ2) is 10.1. The smallest absolute Gasteiger partial charge is 0.323 e. The molecule has 10 heteroatoms. The van der Waals surface area contributed by atoms with Gasteiger partial charge in [-0.2, -0.15) is 0 Å². The van der Waals surface area contributed by atoms with Crippen molar-refractivity contribution in [3.63, 3.8) is 0 Å². The molecule has 174 valence electrons. The van der Waals surface area contributed by atoms with Crippen molar-refractivity contribution in [3.8, 4) is 17.2 Å². The van der Waals surface area contributed by atoms with Crippen LogP contribution in [0, 0.1) is 0 Å². The number of rotatable bonds is 7. The van der Waals surface area contributed by atoms with Crippen LogP contribution >= 0.6 is 11.6 Å². The highest BCUT2D eigenvalue weighted by Crippen LogP contribution is 2.26. The lowest BCUT2D eigenvalue weighted by Gasteiger charge is -2.11. The van der Waals surface area contributed by atoms with E-state index in [1.807, 2.05) is 0 Å². The lowest BCUT2D eigenvalue weighted by Crippen LogP contribution is -2.19. The number of urea groups is 1. The van der Waals surface area contributed by atoms with Gasteiger partial charge in [0, 0.05) is 41.8 Å². The highest BCUT2D eigenvalue weighted by atomic mass is 35.5. The molecule has 2 N–H and O–H groups in total. The minimum absolute atomic E-state index is 0.110. The Bertz CT molecular complexity index is 1370. The van der Waals surface area contributed by atoms with Crippen molar-refractivity contribution >= 4 is 34.7 Å². The van der Waals surface area contributed by atoms with Crippen LogP contribution in [0.15, 0.2) is 71.7 Å². The van der Waals surface area contributed by atoms with E-state index in [9.17, 15) is 9.59 Å². The largest absolute Gasteiger partial charge is 0.497 e. The van der Waals surface area contributed by atoms with Crippen LogP contribution in [-0.2, 0) is 6.61 Å². The van der Waals surface area contributed by atoms with Crippen LogP contribution in [0.1, 0.15) is 5.69 Å². The quantitative estimate of drug-likeness (QED) is 0.401. The maximum atomic E-state index is 12.4. The van der Waals surface area contributed by atoms with Crippen molar-refractivity contribution in [2.24, 2.45) is 0 Å². The summed E-state index contributed by atoms with van der Waals surface area (Å²) in [6.07, 6.45) is 1.52. The highest BCUT2D eigenvalue weighted by Gasteiger charge is 2.08. The molecule has 0 fully saturated rings. The van der Waals surface area contributed by atoms with E-state index in [2.05, 4.69) is 15.6 Å². The van der Waals surface area contributed by atoms with E-state index in [-0.39, 0.29) is 12.2 Å². The Morgan fingerprint density at radius 2 is 1.59 bits per heavy atom. The van der Waals surface area contributed by atoms with Gasteiger partial charge in [-0.05, 0) is 36.4 Å². The first kappa shape index (κ1) is 22.9. The van der Waals surface area contributed by atoms with Crippen LogP contribution in [0.2, 0.25) is 5.02 Å². The molecule has 0 saturated heterocycles. The first-order valence-corrected chi connectivity index (χ1v) is 10.5. The number of methoxy groups -OCH3 is 2. The molecule has 34 heavy (non-hydrogen) atoms. The standard InChI is InChI=1S/C24H21ClN4O5/c1-32-20-9-17(10-21(12-20)33-2)28-24(31)27-16-4-6-19(7-5-16)34-14-18-11-23(30)29-13-15(25)3-8-22(29)26-18/h3-13H,14H2,1-2H3,(H2,27,28,31). The molecule has 0 aliphatic carbocycles. The van der Waals surface area contributed by atoms with E-state index >= 15 is 0 Å². The van der Waals surface area contributed by atoms with Gasteiger partial charge < -0.3 is 24.8 Å². The summed E-state index contributed by atoms with van der Waals surface area (Å²) in [6.45, 7) is 0.110. The van der Waals surface area contributed by atoms with Crippen molar-refractivity contribution in [1.29, 1.82) is 0 Å². The number of halogens is 1. The fourth-order valence-electron chi connectivity index (χ4n) is 3.16. The molecule has 0 bridgehead atoms. The number of nitrogens with one attached hydrogen (secondary N) is 2. The second-order valence-corrected chi connectivity index (χ2v) is 7.59. The van der Waals surface area contributed by atoms with Crippen molar-refractivity contribution in [1.82, 2.24) is 9.38 Å². The van der Waals surface area contributed by atoms with E-state index in [0.29, 0.717) is 45.0 Å². The van der Waals surface area contributed by atoms with Crippen LogP contribution in [0.5, 0.6) is 17.2 Å². The Balaban J connectivity index is 1.36. The number of hydrogen-bond acceptors (Lipinski definition) is 6. The molecule has 0 aliphatic rings. The van der Waals surface area contributed by atoms with E-state index < -0.39 is 6.03 Å². The molecule has 2 heterocycles. The second-order valence-electron chi connectivity index (χ2n) is 7.15. The molecule has 2 amide bonds. The first-order chi connectivity index (χ1) is 16.4. The molecule has 2 aromatic carbocycles. The summed E-state index contributed by atoms with van der Waals surface area (Å²) in [4.78, 5) is 29.0. The number of ether oxygens (including phenoxy) is 3. The number of carbonyl (C=O) groups is 1. The number of carbonyl (C=O) groups excluding carboxylic acids is 1. The molecule has 9 nitrogen and oxygen atoms in total. The molecule has 0 spiro atoms. The van der Waals surface area contributed by atoms with Gasteiger partial charge in [0.1, 0.15) is 29.5 Å². The molecule has 2 aromatic heterocycles. The van der Waals surface area contributed by atoms with Crippen molar-refractivity contribution in [2.45, 2.75) is 6.61 Å². The SMILES string of the molecule is COc1cc(NC(=O)Nc2ccc(OCc3cc(=O)n4cc(Cl)ccc4n3)cc2)cc(OC)c1. The van der Waals surface area contributed by atoms with Crippen molar-refractivity contribution in [2.75, 3.05) is 24.9 Å². The van der Waals surface area contributed by atoms with E-state index in [1.54, 1.807) is 54.6 Å². The average Bonchev–Trinajstić information content (AvgIpc) is 2.83. The van der Waals surface area contributed by atoms with E-state index in [0.717, 1.165) is 0 Å². The van der Waals surface area contributed by atoms with Gasteiger partial charge in [0.05, 0.1) is 24.9 Å². The fraction of sp³-hybridized carbons (Fsp3) is 0.125. The van der Waals surface area contributed by atoms with Crippen molar-refractivity contribution < 1.29 is 19.0 Å². The third kappa shape index (κ3) is 5.57. The number of amides is 2. The van der Waals surface area contributed by atoms with E-state index in [1.165, 1.54) is 30.9 Å². The summed E-state index contributed by atoms with van der Waals surface area (Å²) in [7, 11) is 3.07. The zero-order valence-electron chi connectivity index (χ0n) is 18.4. The number of anilines is 2. The molecule has 0 radical (unpaired) electrons. The predicted molar refractivity (Wildman–Crippen MR) is 129 cm³/mol. The summed E-state index contributed by atoms with van der Waals surface area (Å²) in [5.74, 6) is 1.67. The summed E-state index contributed by atoms with van der Waals surface area (Å²) in [5, 5.41) is 5.93. The normalized spacial score (nSPS) is 10.6. The zero-order valence-corrected chi connectivity index (χ0v) is 19.1. The topological polar surface area (TPSA) is 103 Å². The summed E-state index contributed by atoms with van der Waals surface area (Å²) < 4.78 is 17.5. The molecule has 0 atom stereocenters. The summed E-state index contributed by atoms with van der Waals surface area (Å²) >= 11 is 5.93. The Morgan fingerprint density at radius 1 is 0.912 bits per heavy atom. The number of pyridine rings is 1. The molecule has 0 saturated carbocycles. The Labute approximate surface area is 199 Å². The van der Waals surface area contributed by atoms with Crippen LogP contribution in [0.3, 0.4) is 0 Å². The van der Waals surface area contributed by atoms with Gasteiger partial charge >= 0.3 is 6.03 Å². The third-order valence-corrected chi connectivity index (χ3v) is 5.01. The Hall–Kier alpha value is -4.24.